The van der Waals surface area contributed by atoms with Crippen LogP contribution in [0.3, 0.4) is 0 Å². The van der Waals surface area contributed by atoms with Crippen molar-refractivity contribution in [2.75, 3.05) is 12.4 Å². The van der Waals surface area contributed by atoms with Gasteiger partial charge in [-0.1, -0.05) is 18.2 Å². The molecule has 0 unspecified atom stereocenters. The second-order valence-electron chi connectivity index (χ2n) is 4.96. The first-order chi connectivity index (χ1) is 10.6. The van der Waals surface area contributed by atoms with Gasteiger partial charge in [0.15, 0.2) is 5.96 Å². The zero-order valence-corrected chi connectivity index (χ0v) is 13.1. The van der Waals surface area contributed by atoms with Gasteiger partial charge in [-0.2, -0.15) is 0 Å². The van der Waals surface area contributed by atoms with Gasteiger partial charge in [-0.15, -0.1) is 0 Å². The number of rotatable bonds is 5. The van der Waals surface area contributed by atoms with Crippen LogP contribution < -0.4 is 11.1 Å². The number of benzene rings is 1. The Labute approximate surface area is 130 Å². The second-order valence-corrected chi connectivity index (χ2v) is 4.96. The number of nitrogens with one attached hydrogen (secondary N) is 1. The Kier molecular flexibility index (Phi) is 5.43. The molecular weight excluding hydrogens is 278 g/mol. The lowest BCUT2D eigenvalue weighted by Crippen LogP contribution is -2.23. The highest BCUT2D eigenvalue weighted by atomic mass is 16.5. The Bertz CT molecular complexity index is 649. The van der Waals surface area contributed by atoms with Gasteiger partial charge in [-0.3, -0.25) is 0 Å². The minimum atomic E-state index is 0.345. The summed E-state index contributed by atoms with van der Waals surface area (Å²) >= 11 is 0. The van der Waals surface area contributed by atoms with Crippen LogP contribution in [0.2, 0.25) is 0 Å². The number of aromatic nitrogens is 2. The van der Waals surface area contributed by atoms with Crippen LogP contribution in [0.4, 0.5) is 5.69 Å². The molecule has 1 heterocycles. The Balaban J connectivity index is 2.07. The maximum absolute atomic E-state index is 5.95. The van der Waals surface area contributed by atoms with Crippen molar-refractivity contribution in [2.45, 2.75) is 27.0 Å². The Morgan fingerprint density at radius 2 is 2.05 bits per heavy atom. The van der Waals surface area contributed by atoms with Crippen molar-refractivity contribution in [3.63, 3.8) is 0 Å². The predicted octanol–water partition coefficient (Wildman–Crippen LogP) is 2.17. The first-order valence-electron chi connectivity index (χ1n) is 7.03. The van der Waals surface area contributed by atoms with Gasteiger partial charge in [0.25, 0.3) is 0 Å². The number of hydrogen-bond donors (Lipinski definition) is 2. The molecule has 22 heavy (non-hydrogen) atoms. The summed E-state index contributed by atoms with van der Waals surface area (Å²) < 4.78 is 5.17. The molecule has 0 bridgehead atoms. The fourth-order valence-electron chi connectivity index (χ4n) is 2.14. The highest BCUT2D eigenvalue weighted by Crippen LogP contribution is 2.15. The van der Waals surface area contributed by atoms with Crippen LogP contribution in [0, 0.1) is 13.8 Å². The number of para-hydroxylation sites is 1. The van der Waals surface area contributed by atoms with Crippen molar-refractivity contribution in [3.05, 3.63) is 53.1 Å². The molecular formula is C16H21N5O. The number of aliphatic imine (C=N–C) groups is 1. The van der Waals surface area contributed by atoms with Crippen molar-refractivity contribution in [3.8, 4) is 0 Å². The van der Waals surface area contributed by atoms with E-state index in [0.29, 0.717) is 19.1 Å². The minimum Gasteiger partial charge on any atom is -0.380 e. The fraction of sp³-hybridized carbons (Fsp3) is 0.312. The van der Waals surface area contributed by atoms with Gasteiger partial charge in [-0.25, -0.2) is 15.0 Å². The first-order valence-corrected chi connectivity index (χ1v) is 7.03. The number of hydrogen-bond acceptors (Lipinski definition) is 4. The number of guanidine groups is 1. The lowest BCUT2D eigenvalue weighted by molar-refractivity contribution is 0.185. The zero-order valence-electron chi connectivity index (χ0n) is 13.1. The quantitative estimate of drug-likeness (QED) is 0.653. The van der Waals surface area contributed by atoms with Gasteiger partial charge in [0.2, 0.25) is 0 Å². The van der Waals surface area contributed by atoms with E-state index in [9.17, 15) is 0 Å². The number of anilines is 1. The summed E-state index contributed by atoms with van der Waals surface area (Å²) in [6.07, 6.45) is 0. The predicted molar refractivity (Wildman–Crippen MR) is 87.6 cm³/mol. The number of aryl methyl sites for hydroxylation is 2. The molecule has 3 N–H and O–H groups in total. The van der Waals surface area contributed by atoms with E-state index >= 15 is 0 Å². The smallest absolute Gasteiger partial charge is 0.193 e. The maximum atomic E-state index is 5.95. The van der Waals surface area contributed by atoms with E-state index in [-0.39, 0.29) is 0 Å². The van der Waals surface area contributed by atoms with Gasteiger partial charge in [0, 0.05) is 24.1 Å². The standard InChI is InChI=1S/C16H21N5O/c1-11-8-14(20-12(2)19-11)9-18-16(17)21-15-7-5-4-6-13(15)10-22-3/h4-8H,9-10H2,1-3H3,(H3,17,18,21). The molecule has 1 aromatic carbocycles. The van der Waals surface area contributed by atoms with Gasteiger partial charge in [-0.05, 0) is 26.0 Å². The fourth-order valence-corrected chi connectivity index (χ4v) is 2.14. The van der Waals surface area contributed by atoms with Crippen molar-refractivity contribution >= 4 is 11.6 Å². The molecule has 0 aliphatic carbocycles. The maximum Gasteiger partial charge on any atom is 0.193 e. The lowest BCUT2D eigenvalue weighted by atomic mass is 10.2. The molecule has 0 spiro atoms. The van der Waals surface area contributed by atoms with Crippen molar-refractivity contribution in [1.29, 1.82) is 0 Å². The van der Waals surface area contributed by atoms with Crippen LogP contribution in [0.15, 0.2) is 35.3 Å². The Morgan fingerprint density at radius 3 is 2.77 bits per heavy atom. The highest BCUT2D eigenvalue weighted by molar-refractivity contribution is 5.92. The molecule has 2 rings (SSSR count). The Morgan fingerprint density at radius 1 is 1.27 bits per heavy atom. The van der Waals surface area contributed by atoms with E-state index in [1.54, 1.807) is 7.11 Å². The average Bonchev–Trinajstić information content (AvgIpc) is 2.46. The van der Waals surface area contributed by atoms with Crippen LogP contribution in [-0.2, 0) is 17.9 Å². The van der Waals surface area contributed by atoms with E-state index in [2.05, 4.69) is 20.3 Å². The van der Waals surface area contributed by atoms with Crippen molar-refractivity contribution < 1.29 is 4.74 Å². The molecule has 6 heteroatoms. The van der Waals surface area contributed by atoms with Gasteiger partial charge >= 0.3 is 0 Å². The van der Waals surface area contributed by atoms with Gasteiger partial charge < -0.3 is 15.8 Å². The highest BCUT2D eigenvalue weighted by Gasteiger charge is 2.03. The number of nitrogens with zero attached hydrogens (tertiary/aromatic N) is 3. The summed E-state index contributed by atoms with van der Waals surface area (Å²) in [5.41, 5.74) is 9.64. The summed E-state index contributed by atoms with van der Waals surface area (Å²) in [5.74, 6) is 1.08. The zero-order chi connectivity index (χ0) is 15.9. The normalized spacial score (nSPS) is 11.5. The SMILES string of the molecule is COCc1ccccc1NC(N)=NCc1cc(C)nc(C)n1. The molecule has 0 amide bonds. The van der Waals surface area contributed by atoms with Crippen molar-refractivity contribution in [2.24, 2.45) is 10.7 Å². The van der Waals surface area contributed by atoms with Crippen LogP contribution in [0.1, 0.15) is 22.8 Å². The minimum absolute atomic E-state index is 0.345. The third-order valence-corrected chi connectivity index (χ3v) is 3.01. The Hall–Kier alpha value is -2.47. The van der Waals surface area contributed by atoms with E-state index in [1.807, 2.05) is 44.2 Å². The van der Waals surface area contributed by atoms with Gasteiger partial charge in [0.1, 0.15) is 5.82 Å². The van der Waals surface area contributed by atoms with E-state index in [1.165, 1.54) is 0 Å². The average molecular weight is 299 g/mol. The first kappa shape index (κ1) is 15.9. The largest absolute Gasteiger partial charge is 0.380 e. The summed E-state index contributed by atoms with van der Waals surface area (Å²) in [7, 11) is 1.66. The number of ether oxygens (including phenoxy) is 1. The topological polar surface area (TPSA) is 85.4 Å². The summed E-state index contributed by atoms with van der Waals surface area (Å²) in [6, 6.07) is 9.72. The van der Waals surface area contributed by atoms with Crippen LogP contribution >= 0.6 is 0 Å². The summed E-state index contributed by atoms with van der Waals surface area (Å²) in [5, 5.41) is 3.10. The molecule has 0 aliphatic heterocycles. The molecule has 0 radical (unpaired) electrons. The molecule has 0 aliphatic rings. The third-order valence-electron chi connectivity index (χ3n) is 3.01. The third kappa shape index (κ3) is 4.53. The van der Waals surface area contributed by atoms with Crippen molar-refractivity contribution in [1.82, 2.24) is 9.97 Å². The van der Waals surface area contributed by atoms with E-state index < -0.39 is 0 Å². The lowest BCUT2D eigenvalue weighted by Gasteiger charge is -2.10. The van der Waals surface area contributed by atoms with Gasteiger partial charge in [0.05, 0.1) is 18.8 Å². The van der Waals surface area contributed by atoms with E-state index in [0.717, 1.165) is 28.5 Å². The van der Waals surface area contributed by atoms with Crippen LogP contribution in [0.5, 0.6) is 0 Å². The molecule has 6 nitrogen and oxygen atoms in total. The number of nitrogens with two attached hydrogens (primary N) is 1. The molecule has 0 saturated carbocycles. The molecule has 2 aromatic rings. The molecule has 0 atom stereocenters. The summed E-state index contributed by atoms with van der Waals surface area (Å²) in [4.78, 5) is 12.9. The van der Waals surface area contributed by atoms with Crippen LogP contribution in [0.25, 0.3) is 0 Å². The number of methoxy groups -OCH3 is 1. The van der Waals surface area contributed by atoms with E-state index in [4.69, 9.17) is 10.5 Å². The second kappa shape index (κ2) is 7.51. The molecule has 0 saturated heterocycles. The molecule has 0 fully saturated rings. The molecule has 116 valence electrons. The monoisotopic (exact) mass is 299 g/mol. The molecule has 1 aromatic heterocycles. The summed E-state index contributed by atoms with van der Waals surface area (Å²) in [6.45, 7) is 4.73. The van der Waals surface area contributed by atoms with Crippen LogP contribution in [-0.4, -0.2) is 23.0 Å².